The number of hydrogen-bond acceptors (Lipinski definition) is 3. The van der Waals surface area contributed by atoms with Crippen LogP contribution in [0.15, 0.2) is 4.52 Å². The van der Waals surface area contributed by atoms with E-state index >= 15 is 0 Å². The first-order chi connectivity index (χ1) is 8.15. The molecule has 0 amide bonds. The molecule has 1 fully saturated rings. The summed E-state index contributed by atoms with van der Waals surface area (Å²) in [5, 5.41) is 13.3. The van der Waals surface area contributed by atoms with Crippen molar-refractivity contribution in [3.05, 3.63) is 17.0 Å². The molecule has 1 atom stereocenters. The van der Waals surface area contributed by atoms with Gasteiger partial charge in [0.05, 0.1) is 0 Å². The van der Waals surface area contributed by atoms with Crippen molar-refractivity contribution < 1.29 is 14.4 Å². The van der Waals surface area contributed by atoms with Crippen LogP contribution < -0.4 is 0 Å². The molecule has 4 heteroatoms. The smallest absolute Gasteiger partial charge is 0.341 e. The number of carboxylic acids is 1. The topological polar surface area (TPSA) is 63.3 Å². The van der Waals surface area contributed by atoms with E-state index in [9.17, 15) is 9.90 Å². The Morgan fingerprint density at radius 2 is 2.18 bits per heavy atom. The number of hydrogen-bond donors (Lipinski definition) is 1. The van der Waals surface area contributed by atoms with Gasteiger partial charge in [-0.15, -0.1) is 0 Å². The first-order valence-electron chi connectivity index (χ1n) is 6.37. The molecule has 0 aromatic carbocycles. The van der Waals surface area contributed by atoms with Gasteiger partial charge in [0.15, 0.2) is 5.76 Å². The van der Waals surface area contributed by atoms with Crippen LogP contribution in [-0.2, 0) is 0 Å². The van der Waals surface area contributed by atoms with Crippen LogP contribution in [0.4, 0.5) is 0 Å². The maximum absolute atomic E-state index is 11.4. The van der Waals surface area contributed by atoms with E-state index < -0.39 is 5.97 Å². The summed E-state index contributed by atoms with van der Waals surface area (Å²) < 4.78 is 5.33. The third kappa shape index (κ3) is 2.21. The highest BCUT2D eigenvalue weighted by Crippen LogP contribution is 2.38. The van der Waals surface area contributed by atoms with Crippen LogP contribution in [0.1, 0.15) is 79.6 Å². The number of rotatable bonds is 4. The lowest BCUT2D eigenvalue weighted by Gasteiger charge is -2.07. The van der Waals surface area contributed by atoms with Gasteiger partial charge >= 0.3 is 5.97 Å². The Morgan fingerprint density at radius 3 is 2.71 bits per heavy atom. The second kappa shape index (κ2) is 4.90. The number of aromatic carboxylic acids is 1. The third-order valence-corrected chi connectivity index (χ3v) is 3.76. The molecular formula is C13H19NO3. The maximum atomic E-state index is 11.4. The lowest BCUT2D eigenvalue weighted by molar-refractivity contribution is 0.0692. The molecule has 2 rings (SSSR count). The van der Waals surface area contributed by atoms with Crippen LogP contribution in [0.5, 0.6) is 0 Å². The Kier molecular flexibility index (Phi) is 3.50. The monoisotopic (exact) mass is 237 g/mol. The highest BCUT2D eigenvalue weighted by atomic mass is 16.5. The van der Waals surface area contributed by atoms with Crippen LogP contribution in [0.2, 0.25) is 0 Å². The highest BCUT2D eigenvalue weighted by Gasteiger charge is 2.31. The first-order valence-corrected chi connectivity index (χ1v) is 6.37. The van der Waals surface area contributed by atoms with Crippen LogP contribution in [0, 0.1) is 0 Å². The molecule has 1 heterocycles. The standard InChI is InChI=1S/C13H19NO3/c1-3-8(2)11-10(13(15)16)12(17-14-11)9-6-4-5-7-9/h8-9H,3-7H2,1-2H3,(H,15,16). The lowest BCUT2D eigenvalue weighted by Crippen LogP contribution is -2.07. The van der Waals surface area contributed by atoms with E-state index in [1.165, 1.54) is 0 Å². The van der Waals surface area contributed by atoms with Gasteiger partial charge in [0, 0.05) is 11.8 Å². The molecule has 1 aliphatic rings. The fourth-order valence-electron chi connectivity index (χ4n) is 2.53. The zero-order valence-corrected chi connectivity index (χ0v) is 10.4. The van der Waals surface area contributed by atoms with Crippen molar-refractivity contribution in [1.29, 1.82) is 0 Å². The Balaban J connectivity index is 2.38. The summed E-state index contributed by atoms with van der Waals surface area (Å²) in [4.78, 5) is 11.4. The van der Waals surface area contributed by atoms with Crippen LogP contribution in [0.3, 0.4) is 0 Å². The van der Waals surface area contributed by atoms with Crippen LogP contribution >= 0.6 is 0 Å². The third-order valence-electron chi connectivity index (χ3n) is 3.76. The van der Waals surface area contributed by atoms with E-state index in [1.807, 2.05) is 13.8 Å². The fraction of sp³-hybridized carbons (Fsp3) is 0.692. The maximum Gasteiger partial charge on any atom is 0.341 e. The normalized spacial score (nSPS) is 18.5. The summed E-state index contributed by atoms with van der Waals surface area (Å²) in [6.07, 6.45) is 5.23. The van der Waals surface area contributed by atoms with Gasteiger partial charge in [-0.1, -0.05) is 31.8 Å². The summed E-state index contributed by atoms with van der Waals surface area (Å²) in [5.74, 6) is 0.0974. The van der Waals surface area contributed by atoms with Gasteiger partial charge in [-0.05, 0) is 19.3 Å². The summed E-state index contributed by atoms with van der Waals surface area (Å²) in [6, 6.07) is 0. The van der Waals surface area contributed by atoms with E-state index in [-0.39, 0.29) is 11.8 Å². The van der Waals surface area contributed by atoms with E-state index in [0.717, 1.165) is 32.1 Å². The number of nitrogens with zero attached hydrogens (tertiary/aromatic N) is 1. The molecular weight excluding hydrogens is 218 g/mol. The summed E-state index contributed by atoms with van der Waals surface area (Å²) >= 11 is 0. The molecule has 1 aliphatic carbocycles. The van der Waals surface area contributed by atoms with Crippen LogP contribution in [0.25, 0.3) is 0 Å². The second-order valence-electron chi connectivity index (χ2n) is 4.90. The summed E-state index contributed by atoms with van der Waals surface area (Å²) in [5.41, 5.74) is 0.938. The molecule has 0 aliphatic heterocycles. The number of carboxylic acid groups (broad SMARTS) is 1. The number of aromatic nitrogens is 1. The predicted octanol–water partition coefficient (Wildman–Crippen LogP) is 3.54. The fourth-order valence-corrected chi connectivity index (χ4v) is 2.53. The molecule has 94 valence electrons. The van der Waals surface area contributed by atoms with Crippen molar-refractivity contribution in [3.8, 4) is 0 Å². The lowest BCUT2D eigenvalue weighted by atomic mass is 9.95. The van der Waals surface area contributed by atoms with E-state index in [0.29, 0.717) is 17.0 Å². The highest BCUT2D eigenvalue weighted by molar-refractivity contribution is 5.90. The van der Waals surface area contributed by atoms with E-state index in [1.54, 1.807) is 0 Å². The van der Waals surface area contributed by atoms with Crippen molar-refractivity contribution in [2.45, 2.75) is 57.8 Å². The Hall–Kier alpha value is -1.32. The molecule has 0 spiro atoms. The predicted molar refractivity (Wildman–Crippen MR) is 63.4 cm³/mol. The quantitative estimate of drug-likeness (QED) is 0.869. The van der Waals surface area contributed by atoms with Gasteiger partial charge in [0.2, 0.25) is 0 Å². The van der Waals surface area contributed by atoms with Crippen molar-refractivity contribution >= 4 is 5.97 Å². The minimum absolute atomic E-state index is 0.139. The minimum Gasteiger partial charge on any atom is -0.477 e. The van der Waals surface area contributed by atoms with Crippen LogP contribution in [-0.4, -0.2) is 16.2 Å². The van der Waals surface area contributed by atoms with E-state index in [4.69, 9.17) is 4.52 Å². The first kappa shape index (κ1) is 12.1. The van der Waals surface area contributed by atoms with Gasteiger partial charge in [-0.2, -0.15) is 0 Å². The Morgan fingerprint density at radius 1 is 1.53 bits per heavy atom. The van der Waals surface area contributed by atoms with Crippen molar-refractivity contribution in [3.63, 3.8) is 0 Å². The molecule has 1 aromatic heterocycles. The van der Waals surface area contributed by atoms with Gasteiger partial charge in [-0.3, -0.25) is 0 Å². The largest absolute Gasteiger partial charge is 0.477 e. The SMILES string of the molecule is CCC(C)c1noc(C2CCCC2)c1C(=O)O. The average molecular weight is 237 g/mol. The zero-order chi connectivity index (χ0) is 12.4. The van der Waals surface area contributed by atoms with E-state index in [2.05, 4.69) is 5.16 Å². The Labute approximate surface area is 101 Å². The number of carbonyl (C=O) groups is 1. The van der Waals surface area contributed by atoms with Gasteiger partial charge in [0.1, 0.15) is 11.3 Å². The molecule has 0 bridgehead atoms. The van der Waals surface area contributed by atoms with Gasteiger partial charge < -0.3 is 9.63 Å². The molecule has 1 N–H and O–H groups in total. The second-order valence-corrected chi connectivity index (χ2v) is 4.90. The molecule has 4 nitrogen and oxygen atoms in total. The molecule has 1 aromatic rings. The average Bonchev–Trinajstić information content (AvgIpc) is 2.95. The molecule has 1 unspecified atom stereocenters. The van der Waals surface area contributed by atoms with Crippen molar-refractivity contribution in [2.75, 3.05) is 0 Å². The minimum atomic E-state index is -0.900. The Bertz CT molecular complexity index is 405. The summed E-state index contributed by atoms with van der Waals surface area (Å²) in [7, 11) is 0. The molecule has 1 saturated carbocycles. The summed E-state index contributed by atoms with van der Waals surface area (Å²) in [6.45, 7) is 4.02. The van der Waals surface area contributed by atoms with Gasteiger partial charge in [0.25, 0.3) is 0 Å². The zero-order valence-electron chi connectivity index (χ0n) is 10.4. The molecule has 0 saturated heterocycles. The molecule has 0 radical (unpaired) electrons. The van der Waals surface area contributed by atoms with Gasteiger partial charge in [-0.25, -0.2) is 4.79 Å². The molecule has 17 heavy (non-hydrogen) atoms. The van der Waals surface area contributed by atoms with Crippen molar-refractivity contribution in [2.24, 2.45) is 0 Å². The van der Waals surface area contributed by atoms with Crippen molar-refractivity contribution in [1.82, 2.24) is 5.16 Å².